The number of pyridine rings is 4. The van der Waals surface area contributed by atoms with E-state index in [-0.39, 0.29) is 54.1 Å². The molecule has 0 aliphatic heterocycles. The third kappa shape index (κ3) is 18.5. The van der Waals surface area contributed by atoms with Gasteiger partial charge in [0.25, 0.3) is 0 Å². The number of rotatable bonds is 0. The summed E-state index contributed by atoms with van der Waals surface area (Å²) in [5.41, 5.74) is 17.8. The van der Waals surface area contributed by atoms with Gasteiger partial charge in [-0.2, -0.15) is 0 Å². The topological polar surface area (TPSA) is 51.6 Å². The van der Waals surface area contributed by atoms with Crippen LogP contribution in [0.1, 0.15) is 263 Å². The lowest BCUT2D eigenvalue weighted by molar-refractivity contribution is 0.571. The summed E-state index contributed by atoms with van der Waals surface area (Å²) < 4.78 is 0. The SMILES string of the molecule is CC(C)(C)c1cc(C(C)(C)C)c2ccccc2c1.CC(C)(C)c1cc(C(C)(C)C)c2cccnc2c1.CC(C)(C)c1cc(C(C)(C)C)c2ccncc2c1.CC(C)(C)c1cc(C(C)(C)C)c2cnccc2c1.CC(C)(C)c1cc(C(C)(C)C)c2ncccc2c1. The van der Waals surface area contributed by atoms with Gasteiger partial charge in [-0.1, -0.05) is 287 Å². The summed E-state index contributed by atoms with van der Waals surface area (Å²) in [6, 6.07) is 44.5. The molecule has 10 rings (SSSR count). The average molecular weight is 1210 g/mol. The molecule has 0 radical (unpaired) electrons. The Labute approximate surface area is 547 Å². The molecule has 0 N–H and O–H groups in total. The fourth-order valence-corrected chi connectivity index (χ4v) is 11.3. The van der Waals surface area contributed by atoms with E-state index in [1.54, 1.807) is 0 Å². The molecule has 4 aromatic heterocycles. The minimum Gasteiger partial charge on any atom is -0.264 e. The third-order valence-corrected chi connectivity index (χ3v) is 17.2. The summed E-state index contributed by atoms with van der Waals surface area (Å²) in [6.07, 6.45) is 11.5. The van der Waals surface area contributed by atoms with Gasteiger partial charge in [-0.25, -0.2) is 0 Å². The smallest absolute Gasteiger partial charge is 0.0739 e. The monoisotopic (exact) mass is 1200 g/mol. The van der Waals surface area contributed by atoms with Gasteiger partial charge in [-0.05, 0) is 174 Å². The molecule has 0 fully saturated rings. The Hall–Kier alpha value is -6.78. The van der Waals surface area contributed by atoms with Crippen molar-refractivity contribution in [3.05, 3.63) is 214 Å². The number of benzene rings is 6. The van der Waals surface area contributed by atoms with Crippen LogP contribution in [0, 0.1) is 0 Å². The minimum absolute atomic E-state index is 0.119. The van der Waals surface area contributed by atoms with Crippen LogP contribution in [-0.4, -0.2) is 19.9 Å². The van der Waals surface area contributed by atoms with Crippen molar-refractivity contribution >= 4 is 54.1 Å². The Morgan fingerprint density at radius 1 is 0.222 bits per heavy atom. The fourth-order valence-electron chi connectivity index (χ4n) is 11.3. The number of hydrogen-bond acceptors (Lipinski definition) is 4. The molecule has 0 unspecified atom stereocenters. The van der Waals surface area contributed by atoms with Crippen molar-refractivity contribution in [1.82, 2.24) is 19.9 Å². The van der Waals surface area contributed by atoms with Crippen LogP contribution < -0.4 is 0 Å². The Balaban J connectivity index is 0.000000179. The first-order chi connectivity index (χ1) is 41.0. The predicted molar refractivity (Wildman–Crippen MR) is 398 cm³/mol. The van der Waals surface area contributed by atoms with E-state index in [1.165, 1.54) is 98.7 Å². The molecule has 0 spiro atoms. The van der Waals surface area contributed by atoms with Gasteiger partial charge in [-0.15, -0.1) is 0 Å². The molecule has 480 valence electrons. The van der Waals surface area contributed by atoms with E-state index in [0.717, 1.165) is 11.0 Å². The molecule has 4 heterocycles. The van der Waals surface area contributed by atoms with Crippen molar-refractivity contribution in [3.8, 4) is 0 Å². The molecule has 6 aromatic carbocycles. The lowest BCUT2D eigenvalue weighted by Gasteiger charge is -2.26. The van der Waals surface area contributed by atoms with Crippen molar-refractivity contribution in [2.45, 2.75) is 262 Å². The van der Waals surface area contributed by atoms with E-state index in [1.807, 2.05) is 49.3 Å². The summed E-state index contributed by atoms with van der Waals surface area (Å²) in [5.74, 6) is 0. The highest BCUT2D eigenvalue weighted by molar-refractivity contribution is 5.90. The fraction of sp³-hybridized carbons (Fsp3) is 0.465. The van der Waals surface area contributed by atoms with E-state index in [4.69, 9.17) is 0 Å². The highest BCUT2D eigenvalue weighted by Gasteiger charge is 2.27. The van der Waals surface area contributed by atoms with E-state index >= 15 is 0 Å². The van der Waals surface area contributed by atoms with Crippen LogP contribution in [0.5, 0.6) is 0 Å². The molecular weight excluding hydrogens is 1090 g/mol. The number of aromatic nitrogens is 4. The second kappa shape index (κ2) is 26.4. The molecule has 0 amide bonds. The molecule has 0 aliphatic rings. The largest absolute Gasteiger partial charge is 0.264 e. The Morgan fingerprint density at radius 2 is 0.544 bits per heavy atom. The second-order valence-corrected chi connectivity index (χ2v) is 35.7. The predicted octanol–water partition coefficient (Wildman–Crippen LogP) is 24.8. The zero-order valence-electron chi connectivity index (χ0n) is 61.8. The molecule has 0 bridgehead atoms. The average Bonchev–Trinajstić information content (AvgIpc) is 0.836. The molecular formula is C86H116N4. The Bertz CT molecular complexity index is 3460. The lowest BCUT2D eigenvalue weighted by Crippen LogP contribution is -2.17. The zero-order chi connectivity index (χ0) is 67.8. The maximum atomic E-state index is 4.57. The van der Waals surface area contributed by atoms with Gasteiger partial charge in [0.15, 0.2) is 0 Å². The van der Waals surface area contributed by atoms with E-state index in [2.05, 4.69) is 337 Å². The molecule has 0 saturated carbocycles. The van der Waals surface area contributed by atoms with Gasteiger partial charge in [0.2, 0.25) is 0 Å². The first-order valence-corrected chi connectivity index (χ1v) is 33.1. The van der Waals surface area contributed by atoms with E-state index < -0.39 is 0 Å². The molecule has 90 heavy (non-hydrogen) atoms. The van der Waals surface area contributed by atoms with Gasteiger partial charge in [-0.3, -0.25) is 19.9 Å². The van der Waals surface area contributed by atoms with Crippen LogP contribution in [0.2, 0.25) is 0 Å². The van der Waals surface area contributed by atoms with Gasteiger partial charge in [0.05, 0.1) is 11.0 Å². The summed E-state index contributed by atoms with van der Waals surface area (Å²) in [6.45, 7) is 68.0. The van der Waals surface area contributed by atoms with Crippen molar-refractivity contribution in [1.29, 1.82) is 0 Å². The van der Waals surface area contributed by atoms with Crippen LogP contribution in [0.3, 0.4) is 0 Å². The molecule has 4 nitrogen and oxygen atoms in total. The zero-order valence-corrected chi connectivity index (χ0v) is 61.8. The Kier molecular flexibility index (Phi) is 21.2. The summed E-state index contributed by atoms with van der Waals surface area (Å²) in [7, 11) is 0. The van der Waals surface area contributed by atoms with Gasteiger partial charge >= 0.3 is 0 Å². The first-order valence-electron chi connectivity index (χ1n) is 33.1. The second-order valence-electron chi connectivity index (χ2n) is 35.7. The van der Waals surface area contributed by atoms with E-state index in [9.17, 15) is 0 Å². The number of hydrogen-bond donors (Lipinski definition) is 0. The number of nitrogens with zero attached hydrogens (tertiary/aromatic N) is 4. The van der Waals surface area contributed by atoms with Crippen molar-refractivity contribution < 1.29 is 0 Å². The lowest BCUT2D eigenvalue weighted by atomic mass is 9.78. The normalized spacial score (nSPS) is 13.0. The molecule has 0 atom stereocenters. The molecule has 0 aliphatic carbocycles. The maximum absolute atomic E-state index is 4.57. The first kappa shape index (κ1) is 72.3. The highest BCUT2D eigenvalue weighted by Crippen LogP contribution is 2.40. The third-order valence-electron chi connectivity index (χ3n) is 17.2. The molecule has 4 heteroatoms. The van der Waals surface area contributed by atoms with Crippen molar-refractivity contribution in [2.24, 2.45) is 0 Å². The van der Waals surface area contributed by atoms with Crippen LogP contribution in [0.15, 0.2) is 159 Å². The van der Waals surface area contributed by atoms with Crippen LogP contribution >= 0.6 is 0 Å². The Morgan fingerprint density at radius 3 is 1.01 bits per heavy atom. The van der Waals surface area contributed by atoms with Crippen molar-refractivity contribution in [2.75, 3.05) is 0 Å². The van der Waals surface area contributed by atoms with Gasteiger partial charge in [0.1, 0.15) is 0 Å². The summed E-state index contributed by atoms with van der Waals surface area (Å²) in [4.78, 5) is 17.6. The van der Waals surface area contributed by atoms with Crippen LogP contribution in [-0.2, 0) is 54.1 Å². The summed E-state index contributed by atoms with van der Waals surface area (Å²) >= 11 is 0. The molecule has 0 saturated heterocycles. The maximum Gasteiger partial charge on any atom is 0.0739 e. The number of fused-ring (bicyclic) bond motifs is 5. The highest BCUT2D eigenvalue weighted by atomic mass is 14.7. The standard InChI is InChI=1S/C18H24.4C17H23N/c1-17(2,3)14-11-13-9-7-8-10-15(13)16(12-14)18(4,5)6;1-16(2,3)13-9-12-11-18-8-7-14(12)15(10-13)17(4,5)6;1-16(2,3)13-9-12-7-8-18-11-14(12)15(10-13)17(4,5)6;1-16(2,3)12-10-14(17(4,5)6)13-8-7-9-18-15(13)11-12;1-16(2,3)13-10-12-8-7-9-18-15(12)14(11-13)17(4,5)6/h7-12H,1-6H3;4*7-11H,1-6H3. The van der Waals surface area contributed by atoms with Crippen LogP contribution in [0.25, 0.3) is 54.1 Å². The van der Waals surface area contributed by atoms with Crippen molar-refractivity contribution in [3.63, 3.8) is 0 Å². The summed E-state index contributed by atoms with van der Waals surface area (Å²) in [5, 5.41) is 10.4. The quantitative estimate of drug-likeness (QED) is 0.152. The minimum atomic E-state index is 0.119. The van der Waals surface area contributed by atoms with Gasteiger partial charge in [0, 0.05) is 58.7 Å². The van der Waals surface area contributed by atoms with Crippen LogP contribution in [0.4, 0.5) is 0 Å². The molecule has 10 aromatic rings. The van der Waals surface area contributed by atoms with E-state index in [0.29, 0.717) is 0 Å². The van der Waals surface area contributed by atoms with Gasteiger partial charge < -0.3 is 0 Å².